The largest absolute Gasteiger partial charge is 0.288 e. The molecule has 0 fully saturated rings. The summed E-state index contributed by atoms with van der Waals surface area (Å²) in [5.41, 5.74) is 5.07. The van der Waals surface area contributed by atoms with E-state index in [0.717, 1.165) is 5.56 Å². The van der Waals surface area contributed by atoms with Crippen molar-refractivity contribution in [1.82, 2.24) is 5.32 Å². The lowest BCUT2D eigenvalue weighted by Gasteiger charge is -2.18. The molecule has 0 saturated carbocycles. The molecule has 2 aromatic rings. The van der Waals surface area contributed by atoms with Gasteiger partial charge in [0.05, 0.1) is 0 Å². The SMILES string of the molecule is Cc1ccc(/C=C2/C(=O)NC(=O)c3ccccc32)cc1C. The first-order valence-corrected chi connectivity index (χ1v) is 6.80. The molecule has 2 amide bonds. The lowest BCUT2D eigenvalue weighted by molar-refractivity contribution is -0.114. The number of benzene rings is 2. The van der Waals surface area contributed by atoms with Crippen LogP contribution in [0, 0.1) is 13.8 Å². The minimum atomic E-state index is -0.350. The molecule has 1 heterocycles. The van der Waals surface area contributed by atoms with Crippen molar-refractivity contribution >= 4 is 23.5 Å². The molecule has 0 saturated heterocycles. The second-order valence-electron chi connectivity index (χ2n) is 5.23. The zero-order chi connectivity index (χ0) is 15.0. The zero-order valence-corrected chi connectivity index (χ0v) is 11.9. The average Bonchev–Trinajstić information content (AvgIpc) is 2.47. The van der Waals surface area contributed by atoms with Gasteiger partial charge in [-0.1, -0.05) is 36.4 Å². The summed E-state index contributed by atoms with van der Waals surface area (Å²) in [5, 5.41) is 2.39. The first-order valence-electron chi connectivity index (χ1n) is 6.80. The first kappa shape index (κ1) is 13.3. The molecule has 3 rings (SSSR count). The number of carbonyl (C=O) groups excluding carboxylic acids is 2. The highest BCUT2D eigenvalue weighted by molar-refractivity contribution is 6.33. The van der Waals surface area contributed by atoms with Crippen molar-refractivity contribution in [1.29, 1.82) is 0 Å². The van der Waals surface area contributed by atoms with E-state index in [1.807, 2.05) is 44.2 Å². The highest BCUT2D eigenvalue weighted by atomic mass is 16.2. The molecule has 1 aliphatic heterocycles. The first-order chi connectivity index (χ1) is 10.1. The summed E-state index contributed by atoms with van der Waals surface area (Å²) in [7, 11) is 0. The second kappa shape index (κ2) is 5.02. The van der Waals surface area contributed by atoms with Gasteiger partial charge in [0.2, 0.25) is 0 Å². The molecule has 0 radical (unpaired) electrons. The van der Waals surface area contributed by atoms with Crippen molar-refractivity contribution in [3.05, 3.63) is 70.3 Å². The summed E-state index contributed by atoms with van der Waals surface area (Å²) in [4.78, 5) is 24.0. The van der Waals surface area contributed by atoms with Gasteiger partial charge in [0, 0.05) is 11.1 Å². The molecule has 3 heteroatoms. The molecule has 0 aromatic heterocycles. The van der Waals surface area contributed by atoms with Crippen molar-refractivity contribution in [2.75, 3.05) is 0 Å². The number of nitrogens with one attached hydrogen (secondary N) is 1. The number of aryl methyl sites for hydroxylation is 2. The molecular formula is C18H15NO2. The molecule has 0 spiro atoms. The monoisotopic (exact) mass is 277 g/mol. The molecule has 0 unspecified atom stereocenters. The van der Waals surface area contributed by atoms with Crippen molar-refractivity contribution in [2.24, 2.45) is 0 Å². The van der Waals surface area contributed by atoms with E-state index in [4.69, 9.17) is 0 Å². The lowest BCUT2D eigenvalue weighted by Crippen LogP contribution is -2.36. The predicted octanol–water partition coefficient (Wildman–Crippen LogP) is 3.11. The van der Waals surface area contributed by atoms with Gasteiger partial charge < -0.3 is 0 Å². The van der Waals surface area contributed by atoms with Gasteiger partial charge in [-0.3, -0.25) is 14.9 Å². The van der Waals surface area contributed by atoms with Gasteiger partial charge in [-0.15, -0.1) is 0 Å². The van der Waals surface area contributed by atoms with Crippen LogP contribution in [-0.4, -0.2) is 11.8 Å². The minimum Gasteiger partial charge on any atom is -0.288 e. The molecule has 2 aromatic carbocycles. The Labute approximate surface area is 123 Å². The maximum Gasteiger partial charge on any atom is 0.258 e. The van der Waals surface area contributed by atoms with Crippen LogP contribution < -0.4 is 5.32 Å². The van der Waals surface area contributed by atoms with Crippen molar-refractivity contribution in [2.45, 2.75) is 13.8 Å². The maximum absolute atomic E-state index is 12.1. The van der Waals surface area contributed by atoms with Crippen LogP contribution in [0.25, 0.3) is 11.6 Å². The summed E-state index contributed by atoms with van der Waals surface area (Å²) < 4.78 is 0. The van der Waals surface area contributed by atoms with Gasteiger partial charge in [0.1, 0.15) is 0 Å². The van der Waals surface area contributed by atoms with Crippen LogP contribution >= 0.6 is 0 Å². The topological polar surface area (TPSA) is 46.2 Å². The Morgan fingerprint density at radius 3 is 2.29 bits per heavy atom. The van der Waals surface area contributed by atoms with Crippen molar-refractivity contribution in [3.8, 4) is 0 Å². The van der Waals surface area contributed by atoms with Crippen LogP contribution in [-0.2, 0) is 4.79 Å². The standard InChI is InChI=1S/C18H15NO2/c1-11-7-8-13(9-12(11)2)10-16-14-5-3-4-6-15(14)17(20)19-18(16)21/h3-10H,1-2H3,(H,19,20,21)/b16-10+. The van der Waals surface area contributed by atoms with Gasteiger partial charge in [0.15, 0.2) is 0 Å². The van der Waals surface area contributed by atoms with Gasteiger partial charge in [-0.2, -0.15) is 0 Å². The number of fused-ring (bicyclic) bond motifs is 1. The van der Waals surface area contributed by atoms with Crippen molar-refractivity contribution < 1.29 is 9.59 Å². The van der Waals surface area contributed by atoms with E-state index in [9.17, 15) is 9.59 Å². The van der Waals surface area contributed by atoms with E-state index in [1.54, 1.807) is 18.2 Å². The highest BCUT2D eigenvalue weighted by Gasteiger charge is 2.26. The molecule has 0 atom stereocenters. The molecule has 0 bridgehead atoms. The number of carbonyl (C=O) groups is 2. The minimum absolute atomic E-state index is 0.340. The molecule has 1 aliphatic rings. The number of imide groups is 1. The Balaban J connectivity index is 2.14. The number of hydrogen-bond donors (Lipinski definition) is 1. The Morgan fingerprint density at radius 2 is 1.57 bits per heavy atom. The van der Waals surface area contributed by atoms with Crippen LogP contribution in [0.3, 0.4) is 0 Å². The lowest BCUT2D eigenvalue weighted by atomic mass is 9.93. The fourth-order valence-corrected chi connectivity index (χ4v) is 2.44. The molecule has 0 aliphatic carbocycles. The molecule has 21 heavy (non-hydrogen) atoms. The van der Waals surface area contributed by atoms with Gasteiger partial charge in [-0.05, 0) is 48.2 Å². The summed E-state index contributed by atoms with van der Waals surface area (Å²) in [6.07, 6.45) is 1.83. The smallest absolute Gasteiger partial charge is 0.258 e. The Hall–Kier alpha value is -2.68. The van der Waals surface area contributed by atoms with Gasteiger partial charge >= 0.3 is 0 Å². The number of amides is 2. The molecule has 1 N–H and O–H groups in total. The Bertz CT molecular complexity index is 788. The number of hydrogen-bond acceptors (Lipinski definition) is 2. The van der Waals surface area contributed by atoms with E-state index >= 15 is 0 Å². The maximum atomic E-state index is 12.1. The summed E-state index contributed by atoms with van der Waals surface area (Å²) in [5.74, 6) is -0.690. The van der Waals surface area contributed by atoms with E-state index in [-0.39, 0.29) is 11.8 Å². The fourth-order valence-electron chi connectivity index (χ4n) is 2.44. The third-order valence-electron chi connectivity index (χ3n) is 3.78. The van der Waals surface area contributed by atoms with Gasteiger partial charge in [-0.25, -0.2) is 0 Å². The fraction of sp³-hybridized carbons (Fsp3) is 0.111. The van der Waals surface area contributed by atoms with Crippen LogP contribution in [0.2, 0.25) is 0 Å². The summed E-state index contributed by atoms with van der Waals surface area (Å²) >= 11 is 0. The predicted molar refractivity (Wildman–Crippen MR) is 82.7 cm³/mol. The van der Waals surface area contributed by atoms with Crippen LogP contribution in [0.4, 0.5) is 0 Å². The molecule has 3 nitrogen and oxygen atoms in total. The normalized spacial score (nSPS) is 15.8. The van der Waals surface area contributed by atoms with Crippen LogP contribution in [0.5, 0.6) is 0 Å². The third kappa shape index (κ3) is 2.38. The third-order valence-corrected chi connectivity index (χ3v) is 3.78. The quantitative estimate of drug-likeness (QED) is 0.643. The Morgan fingerprint density at radius 1 is 0.857 bits per heavy atom. The van der Waals surface area contributed by atoms with Crippen LogP contribution in [0.15, 0.2) is 42.5 Å². The summed E-state index contributed by atoms with van der Waals surface area (Å²) in [6.45, 7) is 4.09. The van der Waals surface area contributed by atoms with E-state index in [1.165, 1.54) is 11.1 Å². The highest BCUT2D eigenvalue weighted by Crippen LogP contribution is 2.26. The number of rotatable bonds is 1. The zero-order valence-electron chi connectivity index (χ0n) is 11.9. The Kier molecular flexibility index (Phi) is 3.18. The van der Waals surface area contributed by atoms with E-state index in [2.05, 4.69) is 5.32 Å². The van der Waals surface area contributed by atoms with Gasteiger partial charge in [0.25, 0.3) is 11.8 Å². The molecular weight excluding hydrogens is 262 g/mol. The van der Waals surface area contributed by atoms with E-state index in [0.29, 0.717) is 16.7 Å². The average molecular weight is 277 g/mol. The molecule has 104 valence electrons. The van der Waals surface area contributed by atoms with E-state index < -0.39 is 0 Å². The summed E-state index contributed by atoms with van der Waals surface area (Å²) in [6, 6.07) is 13.2. The second-order valence-corrected chi connectivity index (χ2v) is 5.23. The van der Waals surface area contributed by atoms with Crippen molar-refractivity contribution in [3.63, 3.8) is 0 Å². The van der Waals surface area contributed by atoms with Crippen LogP contribution in [0.1, 0.15) is 32.6 Å².